The lowest BCUT2D eigenvalue weighted by Crippen LogP contribution is -2.33. The second-order valence-corrected chi connectivity index (χ2v) is 7.12. The van der Waals surface area contributed by atoms with Gasteiger partial charge < -0.3 is 10.6 Å². The molecule has 0 fully saturated rings. The molecule has 0 saturated heterocycles. The Labute approximate surface area is 158 Å². The third-order valence-corrected chi connectivity index (χ3v) is 4.72. The van der Waals surface area contributed by atoms with Crippen LogP contribution in [0.5, 0.6) is 0 Å². The summed E-state index contributed by atoms with van der Waals surface area (Å²) >= 11 is 0. The second kappa shape index (κ2) is 12.6. The van der Waals surface area contributed by atoms with E-state index in [1.54, 1.807) is 4.90 Å². The monoisotopic (exact) mass is 366 g/mol. The van der Waals surface area contributed by atoms with E-state index < -0.39 is 0 Å². The van der Waals surface area contributed by atoms with Gasteiger partial charge in [0, 0.05) is 19.6 Å². The number of anilines is 1. The fourth-order valence-corrected chi connectivity index (χ4v) is 3.24. The molecule has 0 aromatic carbocycles. The first kappa shape index (κ1) is 22.3. The fraction of sp³-hybridized carbons (Fsp3) is 0.800. The normalized spacial score (nSPS) is 11.0. The number of nitrogens with one attached hydrogen (secondary N) is 1. The van der Waals surface area contributed by atoms with Crippen molar-refractivity contribution in [3.8, 4) is 0 Å². The Hall–Kier alpha value is -1.72. The Morgan fingerprint density at radius 2 is 1.46 bits per heavy atom. The maximum absolute atomic E-state index is 12.7. The van der Waals surface area contributed by atoms with Crippen LogP contribution in [0.1, 0.15) is 95.5 Å². The van der Waals surface area contributed by atoms with Crippen LogP contribution in [0.15, 0.2) is 4.79 Å². The van der Waals surface area contributed by atoms with Crippen LogP contribution < -0.4 is 11.3 Å². The summed E-state index contributed by atoms with van der Waals surface area (Å²) in [6.07, 6.45) is 11.5. The van der Waals surface area contributed by atoms with Gasteiger partial charge in [0.05, 0.1) is 0 Å². The number of aromatic nitrogens is 2. The number of hydrogen-bond acceptors (Lipinski definition) is 3. The van der Waals surface area contributed by atoms with Gasteiger partial charge in [0.1, 0.15) is 11.4 Å². The van der Waals surface area contributed by atoms with Crippen molar-refractivity contribution < 1.29 is 4.79 Å². The Balaban J connectivity index is 2.55. The van der Waals surface area contributed by atoms with Gasteiger partial charge in [0.25, 0.3) is 11.5 Å². The van der Waals surface area contributed by atoms with E-state index in [-0.39, 0.29) is 22.8 Å². The lowest BCUT2D eigenvalue weighted by atomic mass is 10.1. The van der Waals surface area contributed by atoms with Crippen LogP contribution in [0.2, 0.25) is 0 Å². The number of carbonyl (C=O) groups excluding carboxylic acids is 1. The van der Waals surface area contributed by atoms with Gasteiger partial charge in [-0.1, -0.05) is 65.7 Å². The zero-order valence-electron chi connectivity index (χ0n) is 17.0. The number of nitrogens with zero attached hydrogens (tertiary/aromatic N) is 2. The Morgan fingerprint density at radius 1 is 0.923 bits per heavy atom. The molecule has 0 atom stereocenters. The SMILES string of the molecule is CCCCCCCCCCn1[nH]c(C(=O)N(CCC)CCC)c(N)c1=O. The second-order valence-electron chi connectivity index (χ2n) is 7.12. The highest BCUT2D eigenvalue weighted by Crippen LogP contribution is 2.11. The van der Waals surface area contributed by atoms with Gasteiger partial charge in [-0.25, -0.2) is 0 Å². The first-order valence-corrected chi connectivity index (χ1v) is 10.4. The zero-order valence-corrected chi connectivity index (χ0v) is 17.0. The quantitative estimate of drug-likeness (QED) is 0.485. The van der Waals surface area contributed by atoms with E-state index in [1.165, 1.54) is 43.2 Å². The third-order valence-electron chi connectivity index (χ3n) is 4.72. The maximum atomic E-state index is 12.7. The lowest BCUT2D eigenvalue weighted by Gasteiger charge is -2.20. The first-order valence-electron chi connectivity index (χ1n) is 10.4. The Kier molecular flexibility index (Phi) is 10.8. The molecule has 26 heavy (non-hydrogen) atoms. The average Bonchev–Trinajstić information content (AvgIpc) is 2.91. The van der Waals surface area contributed by atoms with Gasteiger partial charge in [-0.15, -0.1) is 0 Å². The molecular weight excluding hydrogens is 328 g/mol. The van der Waals surface area contributed by atoms with Crippen LogP contribution in [0.25, 0.3) is 0 Å². The van der Waals surface area contributed by atoms with E-state index in [9.17, 15) is 9.59 Å². The standard InChI is InChI=1S/C20H38N4O2/c1-4-7-8-9-10-11-12-13-16-24-19(25)17(21)18(22-24)20(26)23(14-5-2)15-6-3/h22H,4-16,21H2,1-3H3. The van der Waals surface area contributed by atoms with Crippen LogP contribution in [0, 0.1) is 0 Å². The molecule has 1 amide bonds. The van der Waals surface area contributed by atoms with Crippen LogP contribution >= 0.6 is 0 Å². The summed E-state index contributed by atoms with van der Waals surface area (Å²) in [6.45, 7) is 8.25. The number of unbranched alkanes of at least 4 members (excludes halogenated alkanes) is 7. The van der Waals surface area contributed by atoms with E-state index in [4.69, 9.17) is 5.73 Å². The highest BCUT2D eigenvalue weighted by Gasteiger charge is 2.22. The van der Waals surface area contributed by atoms with E-state index in [0.29, 0.717) is 19.6 Å². The molecule has 0 radical (unpaired) electrons. The van der Waals surface area contributed by atoms with Crippen LogP contribution in [-0.2, 0) is 6.54 Å². The molecule has 6 heteroatoms. The van der Waals surface area contributed by atoms with Crippen molar-refractivity contribution in [2.45, 2.75) is 91.5 Å². The van der Waals surface area contributed by atoms with E-state index in [2.05, 4.69) is 12.0 Å². The molecule has 1 aromatic heterocycles. The summed E-state index contributed by atoms with van der Waals surface area (Å²) < 4.78 is 1.50. The summed E-state index contributed by atoms with van der Waals surface area (Å²) in [5, 5.41) is 2.95. The summed E-state index contributed by atoms with van der Waals surface area (Å²) in [5.41, 5.74) is 5.94. The number of nitrogens with two attached hydrogens (primary N) is 1. The first-order chi connectivity index (χ1) is 12.6. The highest BCUT2D eigenvalue weighted by atomic mass is 16.2. The van der Waals surface area contributed by atoms with Crippen molar-refractivity contribution in [1.29, 1.82) is 0 Å². The fourth-order valence-electron chi connectivity index (χ4n) is 3.24. The smallest absolute Gasteiger partial charge is 0.290 e. The molecule has 0 aliphatic rings. The van der Waals surface area contributed by atoms with Gasteiger partial charge >= 0.3 is 0 Å². The molecule has 0 spiro atoms. The number of hydrogen-bond donors (Lipinski definition) is 2. The Morgan fingerprint density at radius 3 is 2.00 bits per heavy atom. The molecule has 3 N–H and O–H groups in total. The number of nitrogen functional groups attached to an aromatic ring is 1. The number of carbonyl (C=O) groups is 1. The molecule has 0 aliphatic carbocycles. The van der Waals surface area contributed by atoms with Gasteiger partial charge in [0.2, 0.25) is 0 Å². The van der Waals surface area contributed by atoms with Crippen LogP contribution in [0.3, 0.4) is 0 Å². The molecule has 6 nitrogen and oxygen atoms in total. The largest absolute Gasteiger partial charge is 0.392 e. The molecule has 0 aliphatic heterocycles. The van der Waals surface area contributed by atoms with E-state index in [1.807, 2.05) is 13.8 Å². The van der Waals surface area contributed by atoms with Crippen molar-refractivity contribution in [3.05, 3.63) is 16.0 Å². The van der Waals surface area contributed by atoms with E-state index in [0.717, 1.165) is 25.7 Å². The van der Waals surface area contributed by atoms with Gasteiger partial charge in [-0.05, 0) is 19.3 Å². The van der Waals surface area contributed by atoms with Crippen molar-refractivity contribution in [2.75, 3.05) is 18.8 Å². The highest BCUT2D eigenvalue weighted by molar-refractivity contribution is 5.97. The molecule has 0 saturated carbocycles. The third kappa shape index (κ3) is 6.89. The average molecular weight is 367 g/mol. The molecule has 0 unspecified atom stereocenters. The molecule has 1 heterocycles. The predicted molar refractivity (Wildman–Crippen MR) is 109 cm³/mol. The summed E-state index contributed by atoms with van der Waals surface area (Å²) in [5.74, 6) is -0.169. The molecule has 0 bridgehead atoms. The van der Waals surface area contributed by atoms with Crippen molar-refractivity contribution in [1.82, 2.24) is 14.7 Å². The summed E-state index contributed by atoms with van der Waals surface area (Å²) in [4.78, 5) is 26.7. The minimum absolute atomic E-state index is 0.0479. The summed E-state index contributed by atoms with van der Waals surface area (Å²) in [6, 6.07) is 0. The lowest BCUT2D eigenvalue weighted by molar-refractivity contribution is 0.0749. The minimum atomic E-state index is -0.274. The number of amides is 1. The maximum Gasteiger partial charge on any atom is 0.290 e. The van der Waals surface area contributed by atoms with E-state index >= 15 is 0 Å². The minimum Gasteiger partial charge on any atom is -0.392 e. The van der Waals surface area contributed by atoms with Gasteiger partial charge in [-0.2, -0.15) is 0 Å². The van der Waals surface area contributed by atoms with Crippen molar-refractivity contribution in [3.63, 3.8) is 0 Å². The van der Waals surface area contributed by atoms with Crippen molar-refractivity contribution >= 4 is 11.6 Å². The number of aromatic amines is 1. The van der Waals surface area contributed by atoms with Gasteiger partial charge in [-0.3, -0.25) is 19.4 Å². The number of aryl methyl sites for hydroxylation is 1. The summed E-state index contributed by atoms with van der Waals surface area (Å²) in [7, 11) is 0. The predicted octanol–water partition coefficient (Wildman–Crippen LogP) is 4.16. The Bertz CT molecular complexity index is 571. The zero-order chi connectivity index (χ0) is 19.4. The van der Waals surface area contributed by atoms with Crippen LogP contribution in [-0.4, -0.2) is 33.7 Å². The number of rotatable bonds is 14. The van der Waals surface area contributed by atoms with Gasteiger partial charge in [0.15, 0.2) is 0 Å². The van der Waals surface area contributed by atoms with Crippen molar-refractivity contribution in [2.24, 2.45) is 0 Å². The molecule has 1 rings (SSSR count). The molecule has 150 valence electrons. The van der Waals surface area contributed by atoms with Crippen LogP contribution in [0.4, 0.5) is 5.69 Å². The molecular formula is C20H38N4O2. The topological polar surface area (TPSA) is 84.1 Å². The molecule has 1 aromatic rings. The number of H-pyrrole nitrogens is 1.